The van der Waals surface area contributed by atoms with Crippen LogP contribution in [0.4, 0.5) is 0 Å². The van der Waals surface area contributed by atoms with E-state index in [1.54, 1.807) is 0 Å². The van der Waals surface area contributed by atoms with Crippen molar-refractivity contribution < 1.29 is 65.1 Å². The molecule has 0 saturated heterocycles. The van der Waals surface area contributed by atoms with Crippen LogP contribution in [0.2, 0.25) is 0 Å². The van der Waals surface area contributed by atoms with E-state index in [4.69, 9.17) is 18.6 Å². The van der Waals surface area contributed by atoms with Crippen molar-refractivity contribution in [2.75, 3.05) is 0 Å². The molecule has 2 N–H and O–H groups in total. The first-order valence-corrected chi connectivity index (χ1v) is 35.5. The fraction of sp³-hybridized carbons (Fsp3) is 0.833. The van der Waals surface area contributed by atoms with E-state index in [1.807, 2.05) is 0 Å². The first kappa shape index (κ1) is 86.6. The maximum atomic E-state index is 11.8. The molecule has 0 bridgehead atoms. The summed E-state index contributed by atoms with van der Waals surface area (Å²) in [5, 5.41) is 17.0. The Bertz CT molecular complexity index is 1300. The van der Waals surface area contributed by atoms with Gasteiger partial charge in [0.1, 0.15) is 0 Å². The molecule has 0 aromatic heterocycles. The van der Waals surface area contributed by atoms with Gasteiger partial charge in [0, 0.05) is 53.0 Å². The van der Waals surface area contributed by atoms with Gasteiger partial charge in [0.05, 0.1) is 0 Å². The predicted molar refractivity (Wildman–Crippen MR) is 353 cm³/mol. The zero-order valence-corrected chi connectivity index (χ0v) is 59.5. The van der Waals surface area contributed by atoms with Crippen molar-refractivity contribution in [3.8, 4) is 0 Å². The van der Waals surface area contributed by atoms with Crippen molar-refractivity contribution in [3.05, 3.63) is 48.6 Å². The number of hydrogen-bond acceptors (Lipinski definition) is 7. The molecule has 0 rings (SSSR count). The molecule has 0 unspecified atom stereocenters. The number of unbranched alkanes of at least 4 members (excludes halogenated alkanes) is 44. The van der Waals surface area contributed by atoms with Gasteiger partial charge in [-0.2, -0.15) is 0 Å². The molecule has 0 aromatic carbocycles. The molecule has 0 saturated carbocycles. The average molecular weight is 1270 g/mol. The number of hydrogen-bond donors (Lipinski definition) is 2. The maximum Gasteiger partial charge on any atom is 0.320 e. The van der Waals surface area contributed by atoms with Crippen LogP contribution in [0.5, 0.6) is 0 Å². The summed E-state index contributed by atoms with van der Waals surface area (Å²) in [5.41, 5.74) is 0. The monoisotopic (exact) mass is 1270 g/mol. The topological polar surface area (TPSA) is 127 Å². The van der Waals surface area contributed by atoms with Gasteiger partial charge in [-0.25, -0.2) is 0 Å². The minimum Gasteiger partial charge on any atom is -0.481 e. The van der Waals surface area contributed by atoms with E-state index in [0.29, 0.717) is 38.0 Å². The number of aliphatic carboxylic acids is 2. The van der Waals surface area contributed by atoms with Crippen molar-refractivity contribution in [1.29, 1.82) is 0 Å². The molecule has 10 heteroatoms. The fourth-order valence-electron chi connectivity index (χ4n) is 9.55. The second kappa shape index (κ2) is 81.2. The maximum absolute atomic E-state index is 11.8. The number of rotatable bonds is 62. The van der Waals surface area contributed by atoms with E-state index in [0.717, 1.165) is 77.0 Å². The molecule has 0 heterocycles. The first-order valence-electron chi connectivity index (χ1n) is 34.8. The molecule has 0 radical (unpaired) electrons. The van der Waals surface area contributed by atoms with Crippen LogP contribution in [0.1, 0.15) is 387 Å². The van der Waals surface area contributed by atoms with Crippen LogP contribution in [-0.2, 0) is 54.8 Å². The quantitative estimate of drug-likeness (QED) is 0.0265. The summed E-state index contributed by atoms with van der Waals surface area (Å²) in [6.45, 7) is 9.04. The van der Waals surface area contributed by atoms with Crippen LogP contribution in [0, 0.1) is 0 Å². The molecular weight excluding hydrogens is 1140 g/mol. The van der Waals surface area contributed by atoms with Crippen LogP contribution in [0.3, 0.4) is 0 Å². The summed E-state index contributed by atoms with van der Waals surface area (Å²) in [6.07, 6.45) is 84.6. The molecule has 0 fully saturated rings. The minimum atomic E-state index is -0.664. The van der Waals surface area contributed by atoms with Gasteiger partial charge in [-0.1, -0.05) is 282 Å². The Labute approximate surface area is 533 Å². The Morgan fingerprint density at radius 1 is 0.256 bits per heavy atom. The third-order valence-corrected chi connectivity index (χ3v) is 15.4. The zero-order valence-electron chi connectivity index (χ0n) is 54.7. The van der Waals surface area contributed by atoms with E-state index in [-0.39, 0.29) is 39.2 Å². The molecular formula is C72H134CdO8S. The molecule has 0 aliphatic rings. The third kappa shape index (κ3) is 89.3. The smallest absolute Gasteiger partial charge is 0.320 e. The average Bonchev–Trinajstić information content (AvgIpc) is 3.45. The van der Waals surface area contributed by atoms with Gasteiger partial charge in [0.2, 0.25) is 0 Å². The molecule has 82 heavy (non-hydrogen) atoms. The van der Waals surface area contributed by atoms with Crippen molar-refractivity contribution in [1.82, 2.24) is 0 Å². The van der Waals surface area contributed by atoms with Gasteiger partial charge < -0.3 is 18.6 Å². The molecule has 478 valence electrons. The van der Waals surface area contributed by atoms with Crippen LogP contribution < -0.4 is 0 Å². The Kier molecular flexibility index (Phi) is 85.7. The normalized spacial score (nSPS) is 11.3. The van der Waals surface area contributed by atoms with Crippen molar-refractivity contribution >= 4 is 36.2 Å². The summed E-state index contributed by atoms with van der Waals surface area (Å²) in [7, 11) is 0. The number of carboxylic acid groups (broad SMARTS) is 2. The first-order chi connectivity index (χ1) is 39.7. The molecule has 0 aliphatic carbocycles. The Morgan fingerprint density at radius 2 is 0.415 bits per heavy atom. The van der Waals surface area contributed by atoms with Crippen molar-refractivity contribution in [2.24, 2.45) is 0 Å². The Morgan fingerprint density at radius 3 is 0.598 bits per heavy atom. The second-order valence-electron chi connectivity index (χ2n) is 23.1. The van der Waals surface area contributed by atoms with Gasteiger partial charge in [0.15, 0.2) is 0 Å². The molecule has 0 spiro atoms. The SMILES string of the molecule is CCCCCCCC/C=C\CCCCCCCC(=O)O.CCCCCCCC/C=C\CCCCCCCC(=O)O.CCCCCCCC/C=C\CCCCCCCC(=O)OSOC(=O)CCCCCCC/C=C\CCCCCCCC.[Cd]. The van der Waals surface area contributed by atoms with Crippen LogP contribution in [0.25, 0.3) is 0 Å². The summed E-state index contributed by atoms with van der Waals surface area (Å²) in [5.74, 6) is -1.94. The molecule has 0 aliphatic heterocycles. The fourth-order valence-corrected chi connectivity index (χ4v) is 9.90. The van der Waals surface area contributed by atoms with Crippen LogP contribution in [0.15, 0.2) is 48.6 Å². The van der Waals surface area contributed by atoms with Gasteiger partial charge in [-0.05, 0) is 128 Å². The second-order valence-corrected chi connectivity index (χ2v) is 23.6. The van der Waals surface area contributed by atoms with Gasteiger partial charge >= 0.3 is 23.9 Å². The van der Waals surface area contributed by atoms with Crippen LogP contribution in [-0.4, -0.2) is 34.1 Å². The Balaban J connectivity index is -0.000000620. The molecule has 0 atom stereocenters. The summed E-state index contributed by atoms with van der Waals surface area (Å²) < 4.78 is 9.96. The van der Waals surface area contributed by atoms with E-state index in [1.165, 1.54) is 257 Å². The van der Waals surface area contributed by atoms with E-state index >= 15 is 0 Å². The predicted octanol–water partition coefficient (Wildman–Crippen LogP) is 24.9. The third-order valence-electron chi connectivity index (χ3n) is 14.8. The zero-order chi connectivity index (χ0) is 59.7. The summed E-state index contributed by atoms with van der Waals surface area (Å²) >= 11 is 0.530. The van der Waals surface area contributed by atoms with Crippen LogP contribution >= 0.6 is 12.3 Å². The van der Waals surface area contributed by atoms with Gasteiger partial charge in [-0.15, -0.1) is 0 Å². The number of carbonyl (C=O) groups is 4. The molecule has 0 aromatic rings. The number of carboxylic acids is 2. The van der Waals surface area contributed by atoms with E-state index in [9.17, 15) is 19.2 Å². The van der Waals surface area contributed by atoms with Gasteiger partial charge in [-0.3, -0.25) is 19.2 Å². The van der Waals surface area contributed by atoms with Crippen molar-refractivity contribution in [2.45, 2.75) is 387 Å². The largest absolute Gasteiger partial charge is 0.481 e. The van der Waals surface area contributed by atoms with E-state index in [2.05, 4.69) is 76.3 Å². The van der Waals surface area contributed by atoms with E-state index < -0.39 is 11.9 Å². The number of allylic oxidation sites excluding steroid dienone is 8. The Hall–Kier alpha value is -1.89. The molecule has 8 nitrogen and oxygen atoms in total. The van der Waals surface area contributed by atoms with Crippen molar-refractivity contribution in [3.63, 3.8) is 0 Å². The summed E-state index contributed by atoms with van der Waals surface area (Å²) in [6, 6.07) is 0. The summed E-state index contributed by atoms with van der Waals surface area (Å²) in [4.78, 5) is 44.3. The standard InChI is InChI=1S/C36H66O4S.2C18H34O2.Cd/c1-3-5-7-9-11-13-15-17-19-21-23-25-27-29-31-33-35(37)39-41-40-36(38)34-32-30-28-26-24-22-20-18-16-14-12-10-8-6-4-2;2*1-2-3-4-5-6-7-8-9-10-11-12-13-14-15-16-17-18(19)20;/h17-20H,3-16,21-34H2,1-2H3;2*9-10H,2-8,11-17H2,1H3,(H,19,20);/b19-17-,20-18-;2*10-9-;. The minimum absolute atomic E-state index is 0. The molecule has 0 amide bonds. The number of carbonyl (C=O) groups excluding carboxylic acids is 2. The van der Waals surface area contributed by atoms with Gasteiger partial charge in [0.25, 0.3) is 12.3 Å².